The Morgan fingerprint density at radius 3 is 2.76 bits per heavy atom. The lowest BCUT2D eigenvalue weighted by Crippen LogP contribution is -2.41. The molecular weight excluding hydrogens is 458 g/mol. The molecule has 2 bridgehead atoms. The Balaban J connectivity index is 1.56. The van der Waals surface area contributed by atoms with Gasteiger partial charge in [-0.2, -0.15) is 4.31 Å². The number of ether oxygens (including phenoxy) is 1. The Morgan fingerprint density at radius 2 is 2.18 bits per heavy atom. The Bertz CT molecular complexity index is 1050. The number of carbonyl (C=O) groups is 1. The molecule has 0 aliphatic carbocycles. The fourth-order valence-electron chi connectivity index (χ4n) is 4.85. The molecule has 2 aromatic rings. The van der Waals surface area contributed by atoms with Gasteiger partial charge in [-0.1, -0.05) is 38.0 Å². The summed E-state index contributed by atoms with van der Waals surface area (Å²) in [4.78, 5) is 17.6. The second-order valence-electron chi connectivity index (χ2n) is 8.78. The minimum absolute atomic E-state index is 0.00310. The van der Waals surface area contributed by atoms with E-state index in [1.807, 2.05) is 11.5 Å². The van der Waals surface area contributed by atoms with Crippen LogP contribution in [0, 0.1) is 5.92 Å². The number of morpholine rings is 1. The van der Waals surface area contributed by atoms with Crippen molar-refractivity contribution in [3.8, 4) is 0 Å². The summed E-state index contributed by atoms with van der Waals surface area (Å²) in [5, 5.41) is 5.30. The highest BCUT2D eigenvalue weighted by molar-refractivity contribution is 7.89. The van der Waals surface area contributed by atoms with Gasteiger partial charge in [-0.05, 0) is 42.9 Å². The molecule has 4 atom stereocenters. The van der Waals surface area contributed by atoms with Gasteiger partial charge in [-0.15, -0.1) is 17.9 Å². The number of carbonyl (C=O) groups excluding carboxylic acids is 1. The van der Waals surface area contributed by atoms with Crippen LogP contribution in [0.1, 0.15) is 50.5 Å². The molecule has 1 aromatic carbocycles. The van der Waals surface area contributed by atoms with Gasteiger partial charge in [0.2, 0.25) is 15.9 Å². The van der Waals surface area contributed by atoms with Crippen molar-refractivity contribution >= 4 is 32.4 Å². The Hall–Kier alpha value is -2.07. The predicted molar refractivity (Wildman–Crippen MR) is 130 cm³/mol. The third-order valence-corrected chi connectivity index (χ3v) is 9.11. The number of allylic oxidation sites excluding steroid dienone is 1. The van der Waals surface area contributed by atoms with Crippen LogP contribution in [0.25, 0.3) is 0 Å². The van der Waals surface area contributed by atoms with E-state index in [-0.39, 0.29) is 22.9 Å². The predicted octanol–water partition coefficient (Wildman–Crippen LogP) is 4.41. The van der Waals surface area contributed by atoms with Crippen molar-refractivity contribution in [3.63, 3.8) is 0 Å². The molecule has 2 saturated heterocycles. The van der Waals surface area contributed by atoms with E-state index in [1.54, 1.807) is 34.8 Å². The van der Waals surface area contributed by atoms with E-state index in [0.717, 1.165) is 31.2 Å². The number of hydrogen-bond acceptors (Lipinski definition) is 6. The normalized spacial score (nSPS) is 22.2. The average Bonchev–Trinajstić information content (AvgIpc) is 3.57. The van der Waals surface area contributed by atoms with Crippen LogP contribution in [0.5, 0.6) is 0 Å². The lowest BCUT2D eigenvalue weighted by atomic mass is 9.84. The van der Waals surface area contributed by atoms with Crippen LogP contribution in [-0.2, 0) is 19.6 Å². The zero-order chi connectivity index (χ0) is 23.4. The van der Waals surface area contributed by atoms with Gasteiger partial charge in [0, 0.05) is 18.1 Å². The van der Waals surface area contributed by atoms with E-state index in [1.165, 1.54) is 11.3 Å². The Labute approximate surface area is 199 Å². The maximum atomic E-state index is 13.2. The fourth-order valence-corrected chi connectivity index (χ4v) is 7.03. The first kappa shape index (κ1) is 24.1. The van der Waals surface area contributed by atoms with Gasteiger partial charge in [0.05, 0.1) is 29.6 Å². The van der Waals surface area contributed by atoms with Gasteiger partial charge in [0.25, 0.3) is 0 Å². The summed E-state index contributed by atoms with van der Waals surface area (Å²) >= 11 is 1.37. The molecule has 178 valence electrons. The maximum absolute atomic E-state index is 13.2. The Kier molecular flexibility index (Phi) is 7.63. The first-order valence-electron chi connectivity index (χ1n) is 11.5. The van der Waals surface area contributed by atoms with Gasteiger partial charge in [0.15, 0.2) is 5.13 Å². The second-order valence-corrected chi connectivity index (χ2v) is 11.6. The molecule has 1 aromatic heterocycles. The highest BCUT2D eigenvalue weighted by Gasteiger charge is 2.45. The van der Waals surface area contributed by atoms with Crippen molar-refractivity contribution in [1.29, 1.82) is 0 Å². The highest BCUT2D eigenvalue weighted by atomic mass is 32.2. The standard InChI is InChI=1S/C24H31N3O4S2/c1-3-5-17(6-4-2)13-22(23(28)26-24-25-11-12-32-24)18-7-9-21(10-8-18)33(29,30)27-15-20-14-19(27)16-31-20/h3,7-12,17,19-20,22H,1,4-6,13-16H2,2H3,(H,25,26,28)/t17?,19-,20-,22?/m0/s1. The quantitative estimate of drug-likeness (QED) is 0.472. The topological polar surface area (TPSA) is 88.6 Å². The summed E-state index contributed by atoms with van der Waals surface area (Å²) in [6.07, 6.45) is 7.85. The molecule has 9 heteroatoms. The van der Waals surface area contributed by atoms with Gasteiger partial charge < -0.3 is 10.1 Å². The van der Waals surface area contributed by atoms with Crippen molar-refractivity contribution in [2.45, 2.75) is 62.0 Å². The first-order valence-corrected chi connectivity index (χ1v) is 13.8. The molecule has 0 saturated carbocycles. The lowest BCUT2D eigenvalue weighted by Gasteiger charge is -2.26. The molecule has 0 radical (unpaired) electrons. The maximum Gasteiger partial charge on any atom is 0.243 e. The number of hydrogen-bond donors (Lipinski definition) is 1. The van der Waals surface area contributed by atoms with Gasteiger partial charge in [-0.25, -0.2) is 13.4 Å². The van der Waals surface area contributed by atoms with E-state index in [9.17, 15) is 13.2 Å². The van der Waals surface area contributed by atoms with Crippen LogP contribution in [0.3, 0.4) is 0 Å². The number of rotatable bonds is 11. The average molecular weight is 490 g/mol. The van der Waals surface area contributed by atoms with Crippen LogP contribution in [0.2, 0.25) is 0 Å². The first-order chi connectivity index (χ1) is 15.9. The van der Waals surface area contributed by atoms with Crippen molar-refractivity contribution in [1.82, 2.24) is 9.29 Å². The smallest absolute Gasteiger partial charge is 0.243 e. The molecule has 1 amide bonds. The van der Waals surface area contributed by atoms with Crippen LogP contribution >= 0.6 is 11.3 Å². The van der Waals surface area contributed by atoms with Crippen LogP contribution in [-0.4, -0.2) is 48.9 Å². The van der Waals surface area contributed by atoms with Gasteiger partial charge in [0.1, 0.15) is 0 Å². The van der Waals surface area contributed by atoms with E-state index >= 15 is 0 Å². The van der Waals surface area contributed by atoms with Gasteiger partial charge in [-0.3, -0.25) is 4.79 Å². The highest BCUT2D eigenvalue weighted by Crippen LogP contribution is 2.34. The van der Waals surface area contributed by atoms with Gasteiger partial charge >= 0.3 is 0 Å². The monoisotopic (exact) mass is 489 g/mol. The molecule has 4 rings (SSSR count). The van der Waals surface area contributed by atoms with Crippen molar-refractivity contribution in [2.24, 2.45) is 5.92 Å². The second kappa shape index (κ2) is 10.5. The molecule has 2 fully saturated rings. The van der Waals surface area contributed by atoms with Crippen LogP contribution in [0.4, 0.5) is 5.13 Å². The number of aromatic nitrogens is 1. The number of benzene rings is 1. The number of nitrogens with one attached hydrogen (secondary N) is 1. The largest absolute Gasteiger partial charge is 0.375 e. The van der Waals surface area contributed by atoms with Crippen LogP contribution in [0.15, 0.2) is 53.4 Å². The van der Waals surface area contributed by atoms with E-state index in [2.05, 4.69) is 23.8 Å². The minimum Gasteiger partial charge on any atom is -0.375 e. The summed E-state index contributed by atoms with van der Waals surface area (Å²) in [5.41, 5.74) is 0.805. The summed E-state index contributed by atoms with van der Waals surface area (Å²) in [5.74, 6) is -0.207. The SMILES string of the molecule is C=CCC(CCC)CC(C(=O)Nc1nccs1)c1ccc(S(=O)(=O)N2C[C@@H]3C[C@H]2CO3)cc1. The number of nitrogens with zero attached hydrogens (tertiary/aromatic N) is 2. The number of sulfonamides is 1. The van der Waals surface area contributed by atoms with Crippen LogP contribution < -0.4 is 5.32 Å². The fraction of sp³-hybridized carbons (Fsp3) is 0.500. The van der Waals surface area contributed by atoms with E-state index in [4.69, 9.17) is 4.74 Å². The molecular formula is C24H31N3O4S2. The summed E-state index contributed by atoms with van der Waals surface area (Å²) in [6.45, 7) is 6.88. The van der Waals surface area contributed by atoms with E-state index in [0.29, 0.717) is 30.6 Å². The Morgan fingerprint density at radius 1 is 1.39 bits per heavy atom. The molecule has 1 N–H and O–H groups in total. The zero-order valence-corrected chi connectivity index (χ0v) is 20.5. The molecule has 33 heavy (non-hydrogen) atoms. The molecule has 2 aliphatic heterocycles. The van der Waals surface area contributed by atoms with E-state index < -0.39 is 15.9 Å². The molecule has 7 nitrogen and oxygen atoms in total. The molecule has 3 heterocycles. The number of thiazole rings is 1. The molecule has 2 aliphatic rings. The number of anilines is 1. The number of fused-ring (bicyclic) bond motifs is 2. The van der Waals surface area contributed by atoms with Crippen molar-refractivity contribution in [3.05, 3.63) is 54.1 Å². The summed E-state index contributed by atoms with van der Waals surface area (Å²) in [6, 6.07) is 6.74. The third kappa shape index (κ3) is 5.37. The summed E-state index contributed by atoms with van der Waals surface area (Å²) in [7, 11) is -3.58. The molecule has 2 unspecified atom stereocenters. The number of amides is 1. The lowest BCUT2D eigenvalue weighted by molar-refractivity contribution is -0.118. The molecule has 0 spiro atoms. The summed E-state index contributed by atoms with van der Waals surface area (Å²) < 4.78 is 33.5. The van der Waals surface area contributed by atoms with Crippen molar-refractivity contribution in [2.75, 3.05) is 18.5 Å². The minimum atomic E-state index is -3.58. The zero-order valence-electron chi connectivity index (χ0n) is 18.9. The van der Waals surface area contributed by atoms with Crippen molar-refractivity contribution < 1.29 is 17.9 Å². The third-order valence-electron chi connectivity index (χ3n) is 6.48.